The number of rotatable bonds is 6. The molecule has 2 aliphatic heterocycles. The molecule has 1 saturated heterocycles. The van der Waals surface area contributed by atoms with E-state index in [9.17, 15) is 14.7 Å². The van der Waals surface area contributed by atoms with E-state index in [1.54, 1.807) is 4.90 Å². The van der Waals surface area contributed by atoms with Gasteiger partial charge in [-0.05, 0) is 13.8 Å². The number of carbonyl (C=O) groups is 2. The van der Waals surface area contributed by atoms with Crippen molar-refractivity contribution in [2.45, 2.75) is 39.0 Å². The third-order valence-corrected chi connectivity index (χ3v) is 9.86. The molecule has 7 nitrogen and oxygen atoms in total. The van der Waals surface area contributed by atoms with Crippen LogP contribution >= 0.6 is 23.2 Å². The number of anilines is 2. The molecule has 3 aromatic carbocycles. The van der Waals surface area contributed by atoms with Gasteiger partial charge in [-0.25, -0.2) is 0 Å². The molecule has 0 radical (unpaired) electrons. The number of hydrogen-bond donors (Lipinski definition) is 2. The van der Waals surface area contributed by atoms with Crippen molar-refractivity contribution in [1.82, 2.24) is 15.1 Å². The van der Waals surface area contributed by atoms with Gasteiger partial charge in [0.15, 0.2) is 0 Å². The second kappa shape index (κ2) is 11.7. The van der Waals surface area contributed by atoms with Crippen LogP contribution in [0.4, 0.5) is 16.2 Å². The van der Waals surface area contributed by atoms with Crippen molar-refractivity contribution >= 4 is 75.5 Å². The Bertz CT molecular complexity index is 1410. The summed E-state index contributed by atoms with van der Waals surface area (Å²) in [6.45, 7) is 6.83. The molecule has 0 spiro atoms. The molecule has 0 bridgehead atoms. The number of fused-ring (bicyclic) bond motifs is 1. The Labute approximate surface area is 254 Å². The number of halogens is 2. The predicted molar refractivity (Wildman–Crippen MR) is 157 cm³/mol. The molecule has 2 aliphatic rings. The van der Waals surface area contributed by atoms with Crippen LogP contribution in [0.5, 0.6) is 0 Å². The van der Waals surface area contributed by atoms with Crippen molar-refractivity contribution in [3.63, 3.8) is 0 Å². The van der Waals surface area contributed by atoms with Crippen LogP contribution in [0.2, 0.25) is 10.0 Å². The SMILES string of the molecule is CC(C)N1CCN(Cc2cc(-c3ccccc3Cl)c3c(c2)N(c2c(Cl)ccc[c]2[Tl])C(=O)NC3)CC1C(=O)O. The van der Waals surface area contributed by atoms with Crippen LogP contribution < -0.4 is 13.3 Å². The number of amides is 2. The number of urea groups is 1. The number of carboxylic acids is 1. The average Bonchev–Trinajstić information content (AvgIpc) is 2.89. The van der Waals surface area contributed by atoms with E-state index in [0.29, 0.717) is 67.7 Å². The summed E-state index contributed by atoms with van der Waals surface area (Å²) in [7, 11) is 0. The Balaban J connectivity index is 1.62. The maximum absolute atomic E-state index is 13.4. The number of carbonyl (C=O) groups excluding carboxylic acids is 1. The molecule has 1 fully saturated rings. The fourth-order valence-electron chi connectivity index (χ4n) is 5.55. The molecular weight excluding hydrogens is 728 g/mol. The fourth-order valence-corrected chi connectivity index (χ4v) is 7.94. The third-order valence-electron chi connectivity index (χ3n) is 7.41. The van der Waals surface area contributed by atoms with Crippen molar-refractivity contribution in [1.29, 1.82) is 0 Å². The quantitative estimate of drug-likeness (QED) is 0.354. The molecule has 2 amide bonds. The third kappa shape index (κ3) is 5.70. The van der Waals surface area contributed by atoms with E-state index in [1.165, 1.54) is 0 Å². The van der Waals surface area contributed by atoms with E-state index >= 15 is 0 Å². The number of hydrogen-bond acceptors (Lipinski definition) is 4. The van der Waals surface area contributed by atoms with E-state index < -0.39 is 12.0 Å². The number of aliphatic carboxylic acids is 1. The van der Waals surface area contributed by atoms with E-state index in [1.807, 2.05) is 67.3 Å². The van der Waals surface area contributed by atoms with Crippen LogP contribution in [-0.4, -0.2) is 84.4 Å². The Morgan fingerprint density at radius 3 is 2.51 bits per heavy atom. The molecule has 0 aliphatic carbocycles. The van der Waals surface area contributed by atoms with Crippen LogP contribution in [0.3, 0.4) is 0 Å². The molecule has 39 heavy (non-hydrogen) atoms. The molecule has 10 heteroatoms. The number of carboxylic acid groups (broad SMARTS) is 1. The van der Waals surface area contributed by atoms with Gasteiger partial charge in [-0.15, -0.1) is 0 Å². The minimum atomic E-state index is -0.808. The molecule has 1 atom stereocenters. The van der Waals surface area contributed by atoms with Gasteiger partial charge in [-0.1, -0.05) is 0 Å². The minimum absolute atomic E-state index is 0.152. The van der Waals surface area contributed by atoms with Crippen LogP contribution in [0.15, 0.2) is 54.6 Å². The summed E-state index contributed by atoms with van der Waals surface area (Å²) >= 11 is 13.8. The van der Waals surface area contributed by atoms with Gasteiger partial charge in [-0.3, -0.25) is 0 Å². The van der Waals surface area contributed by atoms with Gasteiger partial charge in [0.25, 0.3) is 0 Å². The van der Waals surface area contributed by atoms with Gasteiger partial charge < -0.3 is 0 Å². The molecule has 2 N–H and O–H groups in total. The Hall–Kier alpha value is -2.18. The van der Waals surface area contributed by atoms with Gasteiger partial charge in [0, 0.05) is 0 Å². The summed E-state index contributed by atoms with van der Waals surface area (Å²) in [6.07, 6.45) is 0. The average molecular weight is 757 g/mol. The fraction of sp³-hybridized carbons (Fsp3) is 0.310. The molecule has 3 aromatic rings. The van der Waals surface area contributed by atoms with Gasteiger partial charge >= 0.3 is 242 Å². The predicted octanol–water partition coefficient (Wildman–Crippen LogP) is 4.79. The van der Waals surface area contributed by atoms with Crippen LogP contribution in [0.1, 0.15) is 25.0 Å². The molecule has 1 unspecified atom stereocenters. The summed E-state index contributed by atoms with van der Waals surface area (Å²) in [5.41, 5.74) is 5.25. The molecule has 5 rings (SSSR count). The Morgan fingerprint density at radius 1 is 1.08 bits per heavy atom. The summed E-state index contributed by atoms with van der Waals surface area (Å²) in [6, 6.07) is 16.9. The first-order valence-electron chi connectivity index (χ1n) is 12.9. The Kier molecular flexibility index (Phi) is 8.54. The topological polar surface area (TPSA) is 76.1 Å². The van der Waals surface area contributed by atoms with Crippen molar-refractivity contribution in [2.24, 2.45) is 0 Å². The summed E-state index contributed by atoms with van der Waals surface area (Å²) in [5.74, 6) is -0.808. The van der Waals surface area contributed by atoms with Crippen LogP contribution in [-0.2, 0) is 17.9 Å². The first kappa shape index (κ1) is 28.4. The van der Waals surface area contributed by atoms with Crippen LogP contribution in [0, 0.1) is 0 Å². The van der Waals surface area contributed by atoms with Gasteiger partial charge in [-0.2, -0.15) is 0 Å². The summed E-state index contributed by atoms with van der Waals surface area (Å²) in [4.78, 5) is 31.4. The van der Waals surface area contributed by atoms with E-state index in [-0.39, 0.29) is 12.1 Å². The number of para-hydroxylation sites is 1. The molecule has 0 aromatic heterocycles. The van der Waals surface area contributed by atoms with E-state index in [2.05, 4.69) is 16.3 Å². The second-order valence-corrected chi connectivity index (χ2v) is 13.4. The monoisotopic (exact) mass is 756 g/mol. The number of piperazine rings is 1. The number of nitrogens with zero attached hydrogens (tertiary/aromatic N) is 3. The van der Waals surface area contributed by atoms with E-state index in [4.69, 9.17) is 23.2 Å². The van der Waals surface area contributed by atoms with Crippen molar-refractivity contribution in [3.8, 4) is 11.1 Å². The zero-order valence-corrected chi connectivity index (χ0v) is 27.8. The molecule has 200 valence electrons. The molecule has 2 heterocycles. The van der Waals surface area contributed by atoms with Crippen LogP contribution in [0.25, 0.3) is 11.1 Å². The van der Waals surface area contributed by atoms with E-state index in [0.717, 1.165) is 37.6 Å². The summed E-state index contributed by atoms with van der Waals surface area (Å²) in [5, 5.41) is 14.1. The summed E-state index contributed by atoms with van der Waals surface area (Å²) < 4.78 is 1.05. The first-order chi connectivity index (χ1) is 18.7. The normalized spacial score (nSPS) is 18.2. The zero-order valence-electron chi connectivity index (χ0n) is 21.8. The van der Waals surface area contributed by atoms with Crippen molar-refractivity contribution < 1.29 is 14.7 Å². The number of nitrogens with one attached hydrogen (secondary N) is 1. The standard InChI is InChI=1S/C29H29Cl2N4O3.Tl/c1-18(2)34-12-11-33(17-27(34)28(36)37)16-19-13-21(20-7-3-4-8-23(20)30)22-15-32-29(38)35(26(22)14-19)25-10-6-5-9-24(25)31;/h3-9,13-14,18,27H,11-12,15-17H2,1-2H3,(H,32,38)(H,36,37);. The zero-order chi connectivity index (χ0) is 27.8. The Morgan fingerprint density at radius 2 is 1.82 bits per heavy atom. The maximum atomic E-state index is 13.4. The molecular formula is C29H29Cl2N4O3Tl. The van der Waals surface area contributed by atoms with Gasteiger partial charge in [0.1, 0.15) is 0 Å². The first-order valence-corrected chi connectivity index (χ1v) is 15.9. The van der Waals surface area contributed by atoms with Crippen molar-refractivity contribution in [2.75, 3.05) is 24.5 Å². The van der Waals surface area contributed by atoms with Gasteiger partial charge in [0.2, 0.25) is 0 Å². The molecule has 0 saturated carbocycles. The van der Waals surface area contributed by atoms with Crippen molar-refractivity contribution in [3.05, 3.63) is 75.8 Å². The second-order valence-electron chi connectivity index (χ2n) is 10.2. The number of benzene rings is 3. The van der Waals surface area contributed by atoms with Gasteiger partial charge in [0.05, 0.1) is 0 Å².